The summed E-state index contributed by atoms with van der Waals surface area (Å²) in [4.78, 5) is 18.6. The van der Waals surface area contributed by atoms with Gasteiger partial charge in [-0.3, -0.25) is 4.79 Å². The molecule has 2 aromatic rings. The van der Waals surface area contributed by atoms with Gasteiger partial charge in [0.15, 0.2) is 0 Å². The first-order valence-corrected chi connectivity index (χ1v) is 7.86. The van der Waals surface area contributed by atoms with Crippen LogP contribution in [0.25, 0.3) is 0 Å². The Morgan fingerprint density at radius 2 is 2.33 bits per heavy atom. The van der Waals surface area contributed by atoms with Gasteiger partial charge in [0, 0.05) is 30.1 Å². The highest BCUT2D eigenvalue weighted by molar-refractivity contribution is 7.14. The van der Waals surface area contributed by atoms with E-state index in [9.17, 15) is 4.79 Å². The summed E-state index contributed by atoms with van der Waals surface area (Å²) in [5.74, 6) is 1.72. The van der Waals surface area contributed by atoms with E-state index in [1.807, 2.05) is 26.1 Å². The number of nitrogens with one attached hydrogen (secondary N) is 1. The maximum absolute atomic E-state index is 12.4. The van der Waals surface area contributed by atoms with Crippen molar-refractivity contribution in [1.29, 1.82) is 0 Å². The molecule has 1 aliphatic heterocycles. The monoisotopic (exact) mass is 305 g/mol. The van der Waals surface area contributed by atoms with Gasteiger partial charge in [0.1, 0.15) is 16.5 Å². The van der Waals surface area contributed by atoms with Crippen molar-refractivity contribution in [1.82, 2.24) is 14.9 Å². The normalized spacial score (nSPS) is 17.4. The predicted molar refractivity (Wildman–Crippen MR) is 82.1 cm³/mol. The van der Waals surface area contributed by atoms with Crippen molar-refractivity contribution in [2.24, 2.45) is 0 Å². The quantitative estimate of drug-likeness (QED) is 0.947. The first-order valence-electron chi connectivity index (χ1n) is 7.04. The molecule has 5 nitrogen and oxygen atoms in total. The summed E-state index contributed by atoms with van der Waals surface area (Å²) >= 11 is 1.47. The summed E-state index contributed by atoms with van der Waals surface area (Å²) in [6.45, 7) is 4.76. The van der Waals surface area contributed by atoms with Crippen LogP contribution in [-0.4, -0.2) is 28.6 Å². The highest BCUT2D eigenvalue weighted by Gasteiger charge is 2.23. The van der Waals surface area contributed by atoms with Crippen LogP contribution in [0.15, 0.2) is 12.3 Å². The van der Waals surface area contributed by atoms with Crippen molar-refractivity contribution in [3.63, 3.8) is 0 Å². The van der Waals surface area contributed by atoms with Gasteiger partial charge in [-0.2, -0.15) is 0 Å². The average Bonchev–Trinajstić information content (AvgIpc) is 2.99. The van der Waals surface area contributed by atoms with Crippen LogP contribution >= 0.6 is 11.3 Å². The van der Waals surface area contributed by atoms with E-state index in [0.29, 0.717) is 10.6 Å². The van der Waals surface area contributed by atoms with Crippen molar-refractivity contribution < 1.29 is 9.53 Å². The summed E-state index contributed by atoms with van der Waals surface area (Å²) in [6, 6.07) is 2.04. The maximum Gasteiger partial charge on any atom is 0.265 e. The van der Waals surface area contributed by atoms with Crippen LogP contribution in [0.4, 0.5) is 0 Å². The topological polar surface area (TPSA) is 56.1 Å². The molecule has 1 atom stereocenters. The van der Waals surface area contributed by atoms with E-state index in [1.54, 1.807) is 7.11 Å². The molecule has 0 bridgehead atoms. The van der Waals surface area contributed by atoms with Gasteiger partial charge in [0.05, 0.1) is 12.8 Å². The van der Waals surface area contributed by atoms with E-state index < -0.39 is 0 Å². The molecule has 3 heterocycles. The molecule has 1 N–H and O–H groups in total. The molecule has 0 unspecified atom stereocenters. The number of carbonyl (C=O) groups is 1. The van der Waals surface area contributed by atoms with E-state index in [1.165, 1.54) is 11.3 Å². The molecule has 0 aliphatic carbocycles. The molecule has 3 rings (SSSR count). The highest BCUT2D eigenvalue weighted by atomic mass is 32.1. The molecule has 0 saturated heterocycles. The van der Waals surface area contributed by atoms with E-state index in [0.717, 1.165) is 35.8 Å². The molecule has 1 aliphatic rings. The minimum Gasteiger partial charge on any atom is -0.495 e. The molecular formula is C15H19N3O2S. The number of rotatable bonds is 3. The van der Waals surface area contributed by atoms with Gasteiger partial charge in [0.2, 0.25) is 0 Å². The van der Waals surface area contributed by atoms with Crippen LogP contribution in [0.5, 0.6) is 5.75 Å². The van der Waals surface area contributed by atoms with Crippen LogP contribution in [0.3, 0.4) is 0 Å². The zero-order valence-electron chi connectivity index (χ0n) is 12.5. The zero-order chi connectivity index (χ0) is 15.0. The van der Waals surface area contributed by atoms with E-state index in [4.69, 9.17) is 4.74 Å². The summed E-state index contributed by atoms with van der Waals surface area (Å²) in [5, 5.41) is 3.12. The van der Waals surface area contributed by atoms with Gasteiger partial charge < -0.3 is 14.6 Å². The number of aryl methyl sites for hydroxylation is 3. The fourth-order valence-electron chi connectivity index (χ4n) is 2.76. The third-order valence-electron chi connectivity index (χ3n) is 3.70. The predicted octanol–water partition coefficient (Wildman–Crippen LogP) is 2.31. The number of hydrogen-bond donors (Lipinski definition) is 1. The maximum atomic E-state index is 12.4. The van der Waals surface area contributed by atoms with Crippen LogP contribution in [-0.2, 0) is 13.0 Å². The van der Waals surface area contributed by atoms with E-state index in [2.05, 4.69) is 14.9 Å². The lowest BCUT2D eigenvalue weighted by Crippen LogP contribution is -2.40. The van der Waals surface area contributed by atoms with Crippen molar-refractivity contribution in [2.75, 3.05) is 7.11 Å². The minimum atomic E-state index is -0.0461. The molecule has 0 spiro atoms. The Kier molecular flexibility index (Phi) is 3.71. The first kappa shape index (κ1) is 14.1. The number of methoxy groups -OCH3 is 1. The van der Waals surface area contributed by atoms with Crippen LogP contribution in [0, 0.1) is 13.8 Å². The number of thiophene rings is 1. The largest absolute Gasteiger partial charge is 0.495 e. The molecule has 0 saturated carbocycles. The molecule has 112 valence electrons. The van der Waals surface area contributed by atoms with Crippen LogP contribution in [0.1, 0.15) is 32.5 Å². The molecule has 21 heavy (non-hydrogen) atoms. The third-order valence-corrected chi connectivity index (χ3v) is 4.73. The molecule has 0 aromatic carbocycles. The number of ether oxygens (including phenoxy) is 1. The molecule has 0 radical (unpaired) electrons. The lowest BCUT2D eigenvalue weighted by atomic mass is 10.1. The van der Waals surface area contributed by atoms with Gasteiger partial charge >= 0.3 is 0 Å². The zero-order valence-corrected chi connectivity index (χ0v) is 13.3. The lowest BCUT2D eigenvalue weighted by Gasteiger charge is -2.24. The number of imidazole rings is 1. The highest BCUT2D eigenvalue weighted by Crippen LogP contribution is 2.28. The summed E-state index contributed by atoms with van der Waals surface area (Å²) in [5.41, 5.74) is 1.03. The average molecular weight is 305 g/mol. The molecule has 2 aromatic heterocycles. The Bertz CT molecular complexity index is 675. The number of carbonyl (C=O) groups excluding carboxylic acids is 1. The van der Waals surface area contributed by atoms with E-state index in [-0.39, 0.29) is 11.9 Å². The Morgan fingerprint density at radius 1 is 1.52 bits per heavy atom. The van der Waals surface area contributed by atoms with Crippen molar-refractivity contribution in [3.8, 4) is 5.75 Å². The van der Waals surface area contributed by atoms with E-state index >= 15 is 0 Å². The van der Waals surface area contributed by atoms with Crippen molar-refractivity contribution in [2.45, 2.75) is 39.3 Å². The summed E-state index contributed by atoms with van der Waals surface area (Å²) in [6.07, 6.45) is 3.87. The fraction of sp³-hybridized carbons (Fsp3) is 0.467. The standard InChI is InChI=1S/C15H19N3O2S/c1-9-7-18-8-11(4-5-13(18)16-9)17-15(19)14-12(20-3)6-10(2)21-14/h6-7,11H,4-5,8H2,1-3H3,(H,17,19)/t11-/m1/s1. The van der Waals surface area contributed by atoms with Crippen molar-refractivity contribution in [3.05, 3.63) is 33.5 Å². The fourth-order valence-corrected chi connectivity index (χ4v) is 3.64. The molecule has 1 amide bonds. The Balaban J connectivity index is 1.71. The number of hydrogen-bond acceptors (Lipinski definition) is 4. The first-order chi connectivity index (χ1) is 10.1. The number of amides is 1. The van der Waals surface area contributed by atoms with Gasteiger partial charge in [-0.1, -0.05) is 0 Å². The molecular weight excluding hydrogens is 286 g/mol. The van der Waals surface area contributed by atoms with Gasteiger partial charge in [-0.25, -0.2) is 4.98 Å². The molecule has 0 fully saturated rings. The molecule has 6 heteroatoms. The summed E-state index contributed by atoms with van der Waals surface area (Å²) in [7, 11) is 1.60. The van der Waals surface area contributed by atoms with Crippen molar-refractivity contribution >= 4 is 17.2 Å². The summed E-state index contributed by atoms with van der Waals surface area (Å²) < 4.78 is 7.41. The second kappa shape index (κ2) is 5.52. The third kappa shape index (κ3) is 2.81. The SMILES string of the molecule is COc1cc(C)sc1C(=O)N[C@@H]1CCc2nc(C)cn2C1. The Hall–Kier alpha value is -1.82. The van der Waals surface area contributed by atoms with Crippen LogP contribution in [0.2, 0.25) is 0 Å². The Labute approximate surface area is 128 Å². The number of nitrogens with zero attached hydrogens (tertiary/aromatic N) is 2. The second-order valence-corrected chi connectivity index (χ2v) is 6.67. The van der Waals surface area contributed by atoms with Gasteiger partial charge in [-0.15, -0.1) is 11.3 Å². The minimum absolute atomic E-state index is 0.0461. The number of aromatic nitrogens is 2. The Morgan fingerprint density at radius 3 is 3.10 bits per heavy atom. The smallest absolute Gasteiger partial charge is 0.265 e. The second-order valence-electron chi connectivity index (χ2n) is 5.41. The van der Waals surface area contributed by atoms with Gasteiger partial charge in [0.25, 0.3) is 5.91 Å². The van der Waals surface area contributed by atoms with Crippen LogP contribution < -0.4 is 10.1 Å². The lowest BCUT2D eigenvalue weighted by molar-refractivity contribution is 0.0929. The number of fused-ring (bicyclic) bond motifs is 1. The van der Waals surface area contributed by atoms with Gasteiger partial charge in [-0.05, 0) is 26.3 Å².